The third-order valence-electron chi connectivity index (χ3n) is 2.30. The molecule has 0 fully saturated rings. The maximum atomic E-state index is 11.7. The molecule has 1 amide bonds. The molecule has 88 valence electrons. The molecule has 0 saturated carbocycles. The summed E-state index contributed by atoms with van der Waals surface area (Å²) in [5.41, 5.74) is 2.12. The van der Waals surface area contributed by atoms with Crippen molar-refractivity contribution >= 4 is 11.9 Å². The molecule has 1 aromatic heterocycles. The average Bonchev–Trinajstić information content (AvgIpc) is 2.63. The molecule has 17 heavy (non-hydrogen) atoms. The van der Waals surface area contributed by atoms with Crippen LogP contribution in [0.4, 0.5) is 5.95 Å². The number of amides is 1. The molecule has 1 heterocycles. The van der Waals surface area contributed by atoms with E-state index in [9.17, 15) is 4.79 Å². The molecule has 0 aliphatic heterocycles. The first kappa shape index (κ1) is 11.3. The summed E-state index contributed by atoms with van der Waals surface area (Å²) >= 11 is 0. The van der Waals surface area contributed by atoms with Crippen LogP contribution in [-0.2, 0) is 11.2 Å². The van der Waals surface area contributed by atoms with Crippen molar-refractivity contribution in [1.82, 2.24) is 15.2 Å². The molecule has 5 nitrogen and oxygen atoms in total. The standard InChI is InChI=1S/C12H14N4O/c1-8-4-3-5-10(6-8)7-11(17)14-12-13-9(2)15-16-12/h3-6H,7H2,1-2H3,(H2,13,14,15,16,17). The van der Waals surface area contributed by atoms with Gasteiger partial charge >= 0.3 is 0 Å². The molecule has 0 spiro atoms. The lowest BCUT2D eigenvalue weighted by Gasteiger charge is -2.02. The number of aromatic amines is 1. The summed E-state index contributed by atoms with van der Waals surface area (Å²) in [5.74, 6) is 0.880. The number of benzene rings is 1. The van der Waals surface area contributed by atoms with E-state index in [4.69, 9.17) is 0 Å². The van der Waals surface area contributed by atoms with E-state index in [1.165, 1.54) is 0 Å². The molecular weight excluding hydrogens is 216 g/mol. The second-order valence-electron chi connectivity index (χ2n) is 3.96. The van der Waals surface area contributed by atoms with E-state index in [1.54, 1.807) is 6.92 Å². The molecule has 0 saturated heterocycles. The Morgan fingerprint density at radius 2 is 2.24 bits per heavy atom. The summed E-state index contributed by atoms with van der Waals surface area (Å²) in [6, 6.07) is 7.85. The van der Waals surface area contributed by atoms with Gasteiger partial charge in [-0.1, -0.05) is 29.8 Å². The highest BCUT2D eigenvalue weighted by molar-refractivity contribution is 5.90. The second-order valence-corrected chi connectivity index (χ2v) is 3.96. The second kappa shape index (κ2) is 4.78. The minimum atomic E-state index is -0.116. The third-order valence-corrected chi connectivity index (χ3v) is 2.30. The topological polar surface area (TPSA) is 70.7 Å². The zero-order chi connectivity index (χ0) is 12.3. The molecule has 0 radical (unpaired) electrons. The van der Waals surface area contributed by atoms with E-state index in [1.807, 2.05) is 31.2 Å². The Balaban J connectivity index is 1.98. The van der Waals surface area contributed by atoms with E-state index in [0.717, 1.165) is 11.1 Å². The van der Waals surface area contributed by atoms with Gasteiger partial charge in [0.05, 0.1) is 6.42 Å². The lowest BCUT2D eigenvalue weighted by molar-refractivity contribution is -0.115. The lowest BCUT2D eigenvalue weighted by Crippen LogP contribution is -2.15. The summed E-state index contributed by atoms with van der Waals surface area (Å²) in [6.07, 6.45) is 0.329. The van der Waals surface area contributed by atoms with Crippen molar-refractivity contribution in [2.75, 3.05) is 5.32 Å². The van der Waals surface area contributed by atoms with Gasteiger partial charge in [-0.05, 0) is 19.4 Å². The van der Waals surface area contributed by atoms with Crippen molar-refractivity contribution in [2.24, 2.45) is 0 Å². The SMILES string of the molecule is Cc1cccc(CC(=O)Nc2n[nH]c(C)n2)c1. The van der Waals surface area contributed by atoms with E-state index in [-0.39, 0.29) is 5.91 Å². The van der Waals surface area contributed by atoms with Gasteiger partial charge in [-0.3, -0.25) is 15.2 Å². The Morgan fingerprint density at radius 3 is 2.88 bits per heavy atom. The largest absolute Gasteiger partial charge is 0.293 e. The van der Waals surface area contributed by atoms with E-state index >= 15 is 0 Å². The number of carbonyl (C=O) groups excluding carboxylic acids is 1. The van der Waals surface area contributed by atoms with Crippen molar-refractivity contribution in [3.05, 3.63) is 41.2 Å². The van der Waals surface area contributed by atoms with Crippen LogP contribution >= 0.6 is 0 Å². The summed E-state index contributed by atoms with van der Waals surface area (Å²) in [7, 11) is 0. The Kier molecular flexibility index (Phi) is 3.18. The van der Waals surface area contributed by atoms with Gasteiger partial charge in [-0.2, -0.15) is 4.98 Å². The molecule has 0 aliphatic rings. The monoisotopic (exact) mass is 230 g/mol. The fourth-order valence-corrected chi connectivity index (χ4v) is 1.58. The Labute approximate surface area is 99.3 Å². The third kappa shape index (κ3) is 3.14. The number of aromatic nitrogens is 3. The minimum Gasteiger partial charge on any atom is -0.293 e. The molecule has 0 unspecified atom stereocenters. The zero-order valence-electron chi connectivity index (χ0n) is 9.82. The Morgan fingerprint density at radius 1 is 1.41 bits per heavy atom. The van der Waals surface area contributed by atoms with Crippen LogP contribution in [0.25, 0.3) is 0 Å². The molecule has 5 heteroatoms. The number of carbonyl (C=O) groups is 1. The van der Waals surface area contributed by atoms with Crippen LogP contribution in [0, 0.1) is 13.8 Å². The normalized spacial score (nSPS) is 10.2. The maximum absolute atomic E-state index is 11.7. The summed E-state index contributed by atoms with van der Waals surface area (Å²) in [5, 5.41) is 9.16. The van der Waals surface area contributed by atoms with Crippen LogP contribution in [0.3, 0.4) is 0 Å². The number of aryl methyl sites for hydroxylation is 2. The predicted octanol–water partition coefficient (Wildman–Crippen LogP) is 1.60. The summed E-state index contributed by atoms with van der Waals surface area (Å²) in [6.45, 7) is 3.78. The van der Waals surface area contributed by atoms with Gasteiger partial charge in [0.2, 0.25) is 11.9 Å². The van der Waals surface area contributed by atoms with E-state index < -0.39 is 0 Å². The summed E-state index contributed by atoms with van der Waals surface area (Å²) < 4.78 is 0. The smallest absolute Gasteiger partial charge is 0.248 e. The number of nitrogens with one attached hydrogen (secondary N) is 2. The zero-order valence-corrected chi connectivity index (χ0v) is 9.82. The van der Waals surface area contributed by atoms with E-state index in [2.05, 4.69) is 20.5 Å². The van der Waals surface area contributed by atoms with Gasteiger partial charge in [0.1, 0.15) is 5.82 Å². The highest BCUT2D eigenvalue weighted by Crippen LogP contribution is 2.06. The molecule has 2 rings (SSSR count). The molecule has 0 bridgehead atoms. The molecule has 1 aromatic carbocycles. The van der Waals surface area contributed by atoms with Gasteiger partial charge in [0.25, 0.3) is 0 Å². The molecule has 2 aromatic rings. The quantitative estimate of drug-likeness (QED) is 0.841. The Bertz CT molecular complexity index is 533. The van der Waals surface area contributed by atoms with Crippen LogP contribution in [0.1, 0.15) is 17.0 Å². The number of anilines is 1. The molecule has 0 atom stereocenters. The fraction of sp³-hybridized carbons (Fsp3) is 0.250. The number of rotatable bonds is 3. The van der Waals surface area contributed by atoms with Crippen LogP contribution in [0.2, 0.25) is 0 Å². The van der Waals surface area contributed by atoms with Crippen molar-refractivity contribution in [1.29, 1.82) is 0 Å². The van der Waals surface area contributed by atoms with Crippen molar-refractivity contribution < 1.29 is 4.79 Å². The first-order valence-electron chi connectivity index (χ1n) is 5.38. The van der Waals surface area contributed by atoms with Gasteiger partial charge in [0.15, 0.2) is 0 Å². The van der Waals surface area contributed by atoms with Gasteiger partial charge in [-0.15, -0.1) is 5.10 Å². The van der Waals surface area contributed by atoms with Crippen molar-refractivity contribution in [3.63, 3.8) is 0 Å². The first-order chi connectivity index (χ1) is 8.13. The van der Waals surface area contributed by atoms with E-state index in [0.29, 0.717) is 18.2 Å². The average molecular weight is 230 g/mol. The maximum Gasteiger partial charge on any atom is 0.248 e. The Hall–Kier alpha value is -2.17. The lowest BCUT2D eigenvalue weighted by atomic mass is 10.1. The predicted molar refractivity (Wildman–Crippen MR) is 64.6 cm³/mol. The number of H-pyrrole nitrogens is 1. The molecular formula is C12H14N4O. The first-order valence-corrected chi connectivity index (χ1v) is 5.38. The number of nitrogens with zero attached hydrogens (tertiary/aromatic N) is 2. The number of hydrogen-bond donors (Lipinski definition) is 2. The van der Waals surface area contributed by atoms with Crippen LogP contribution < -0.4 is 5.32 Å². The van der Waals surface area contributed by atoms with Gasteiger partial charge in [0, 0.05) is 0 Å². The van der Waals surface area contributed by atoms with Crippen LogP contribution in [0.5, 0.6) is 0 Å². The van der Waals surface area contributed by atoms with Crippen molar-refractivity contribution in [2.45, 2.75) is 20.3 Å². The number of hydrogen-bond acceptors (Lipinski definition) is 3. The van der Waals surface area contributed by atoms with Gasteiger partial charge < -0.3 is 0 Å². The van der Waals surface area contributed by atoms with Crippen molar-refractivity contribution in [3.8, 4) is 0 Å². The fourth-order valence-electron chi connectivity index (χ4n) is 1.58. The van der Waals surface area contributed by atoms with Crippen LogP contribution in [-0.4, -0.2) is 21.1 Å². The minimum absolute atomic E-state index is 0.116. The van der Waals surface area contributed by atoms with Crippen LogP contribution in [0.15, 0.2) is 24.3 Å². The highest BCUT2D eigenvalue weighted by Gasteiger charge is 2.07. The highest BCUT2D eigenvalue weighted by atomic mass is 16.1. The molecule has 0 aliphatic carbocycles. The summed E-state index contributed by atoms with van der Waals surface area (Å²) in [4.78, 5) is 15.7. The van der Waals surface area contributed by atoms with Gasteiger partial charge in [-0.25, -0.2) is 0 Å². The molecule has 2 N–H and O–H groups in total.